The van der Waals surface area contributed by atoms with E-state index in [1.165, 1.54) is 18.5 Å². The summed E-state index contributed by atoms with van der Waals surface area (Å²) in [5, 5.41) is 9.07. The van der Waals surface area contributed by atoms with E-state index in [1.807, 2.05) is 12.1 Å². The monoisotopic (exact) mass is 507 g/mol. The second kappa shape index (κ2) is 12.3. The minimum Gasteiger partial charge on any atom is -0.340 e. The van der Waals surface area contributed by atoms with Crippen molar-refractivity contribution in [3.63, 3.8) is 0 Å². The van der Waals surface area contributed by atoms with Gasteiger partial charge in [0.1, 0.15) is 23.8 Å². The van der Waals surface area contributed by atoms with Gasteiger partial charge < -0.3 is 20.9 Å². The molecule has 186 valence electrons. The van der Waals surface area contributed by atoms with Crippen LogP contribution in [0.15, 0.2) is 54.9 Å². The third-order valence-electron chi connectivity index (χ3n) is 5.60. The summed E-state index contributed by atoms with van der Waals surface area (Å²) >= 11 is 5.84. The Morgan fingerprint density at radius 3 is 2.42 bits per heavy atom. The highest BCUT2D eigenvalue weighted by molar-refractivity contribution is 6.31. The summed E-state index contributed by atoms with van der Waals surface area (Å²) in [5.41, 5.74) is 1.94. The number of benzene rings is 2. The van der Waals surface area contributed by atoms with E-state index in [2.05, 4.69) is 54.6 Å². The Labute approximate surface area is 214 Å². The van der Waals surface area contributed by atoms with E-state index >= 15 is 0 Å². The van der Waals surface area contributed by atoms with Crippen LogP contribution in [0.1, 0.15) is 6.42 Å². The zero-order valence-electron chi connectivity index (χ0n) is 19.9. The molecule has 2 heterocycles. The van der Waals surface area contributed by atoms with Gasteiger partial charge in [0.15, 0.2) is 0 Å². The Bertz CT molecular complexity index is 1270. The maximum atomic E-state index is 13.4. The predicted octanol–water partition coefficient (Wildman–Crippen LogP) is 4.34. The van der Waals surface area contributed by atoms with Crippen molar-refractivity contribution in [3.8, 4) is 11.8 Å². The number of likely N-dealkylation sites (N-methyl/N-ethyl adjacent to an activating group) is 1. The second-order valence-electron chi connectivity index (χ2n) is 8.40. The van der Waals surface area contributed by atoms with Gasteiger partial charge in [-0.25, -0.2) is 14.4 Å². The molecule has 8 nitrogen and oxygen atoms in total. The second-order valence-corrected chi connectivity index (χ2v) is 8.81. The Balaban J connectivity index is 1.30. The lowest BCUT2D eigenvalue weighted by Crippen LogP contribution is -2.44. The van der Waals surface area contributed by atoms with Crippen LogP contribution in [0.5, 0.6) is 0 Å². The molecule has 1 amide bonds. The number of rotatable bonds is 7. The molecule has 1 aliphatic heterocycles. The molecule has 1 aliphatic rings. The fraction of sp³-hybridized carbons (Fsp3) is 0.269. The zero-order valence-corrected chi connectivity index (χ0v) is 20.6. The van der Waals surface area contributed by atoms with Gasteiger partial charge in [-0.2, -0.15) is 0 Å². The zero-order chi connectivity index (χ0) is 25.3. The van der Waals surface area contributed by atoms with Gasteiger partial charge in [0.2, 0.25) is 0 Å². The van der Waals surface area contributed by atoms with E-state index in [0.29, 0.717) is 29.4 Å². The van der Waals surface area contributed by atoms with Crippen molar-refractivity contribution >= 4 is 46.2 Å². The molecule has 0 bridgehead atoms. The maximum absolute atomic E-state index is 13.4. The summed E-state index contributed by atoms with van der Waals surface area (Å²) in [6.45, 7) is 5.07. The Hall–Kier alpha value is -3.71. The number of hydrogen-bond acceptors (Lipinski definition) is 7. The summed E-state index contributed by atoms with van der Waals surface area (Å²) in [7, 11) is 2.13. The first kappa shape index (κ1) is 25.4. The van der Waals surface area contributed by atoms with Gasteiger partial charge in [0, 0.05) is 62.3 Å². The number of carbonyl (C=O) groups excluding carboxylic acids is 1. The number of carbonyl (C=O) groups is 1. The van der Waals surface area contributed by atoms with Crippen molar-refractivity contribution in [1.29, 1.82) is 0 Å². The van der Waals surface area contributed by atoms with Gasteiger partial charge in [-0.05, 0) is 49.4 Å². The molecular formula is C26H27ClFN7O. The van der Waals surface area contributed by atoms with E-state index in [-0.39, 0.29) is 10.9 Å². The first-order valence-electron chi connectivity index (χ1n) is 11.6. The van der Waals surface area contributed by atoms with Crippen LogP contribution < -0.4 is 16.0 Å². The summed E-state index contributed by atoms with van der Waals surface area (Å²) in [6, 6.07) is 13.3. The van der Waals surface area contributed by atoms with Crippen molar-refractivity contribution in [1.82, 2.24) is 19.8 Å². The van der Waals surface area contributed by atoms with E-state index in [9.17, 15) is 9.18 Å². The molecule has 0 spiro atoms. The van der Waals surface area contributed by atoms with Crippen LogP contribution in [0.25, 0.3) is 0 Å². The number of hydrogen-bond donors (Lipinski definition) is 3. The molecular weight excluding hydrogens is 481 g/mol. The van der Waals surface area contributed by atoms with Gasteiger partial charge in [0.05, 0.1) is 5.02 Å². The number of anilines is 5. The number of amides is 1. The van der Waals surface area contributed by atoms with Gasteiger partial charge in [-0.3, -0.25) is 9.69 Å². The van der Waals surface area contributed by atoms with E-state index in [1.54, 1.807) is 24.3 Å². The molecule has 36 heavy (non-hydrogen) atoms. The molecule has 1 saturated heterocycles. The fourth-order valence-electron chi connectivity index (χ4n) is 3.63. The van der Waals surface area contributed by atoms with Gasteiger partial charge in [0.25, 0.3) is 5.91 Å². The number of nitrogens with one attached hydrogen (secondary N) is 3. The topological polar surface area (TPSA) is 85.4 Å². The minimum absolute atomic E-state index is 0.0194. The average Bonchev–Trinajstić information content (AvgIpc) is 2.86. The minimum atomic E-state index is -0.490. The molecule has 1 aromatic heterocycles. The molecule has 0 saturated carbocycles. The number of halogens is 2. The highest BCUT2D eigenvalue weighted by Gasteiger charge is 2.12. The van der Waals surface area contributed by atoms with Crippen molar-refractivity contribution in [2.75, 3.05) is 55.7 Å². The smallest absolute Gasteiger partial charge is 0.300 e. The van der Waals surface area contributed by atoms with Crippen LogP contribution in [0, 0.1) is 17.7 Å². The predicted molar refractivity (Wildman–Crippen MR) is 141 cm³/mol. The first-order chi connectivity index (χ1) is 17.4. The lowest BCUT2D eigenvalue weighted by atomic mass is 10.2. The van der Waals surface area contributed by atoms with Crippen LogP contribution in [0.2, 0.25) is 5.02 Å². The third-order valence-corrected chi connectivity index (χ3v) is 5.89. The van der Waals surface area contributed by atoms with E-state index < -0.39 is 5.82 Å². The van der Waals surface area contributed by atoms with Gasteiger partial charge in [-0.1, -0.05) is 23.6 Å². The summed E-state index contributed by atoms with van der Waals surface area (Å²) in [6.07, 6.45) is 2.06. The molecule has 0 unspecified atom stereocenters. The maximum Gasteiger partial charge on any atom is 0.300 e. The first-order valence-corrected chi connectivity index (χ1v) is 11.9. The summed E-state index contributed by atoms with van der Waals surface area (Å²) in [5.74, 6) is 5.83. The number of piperazine rings is 1. The molecule has 0 atom stereocenters. The normalized spacial score (nSPS) is 14.0. The number of nitrogens with zero attached hydrogens (tertiary/aromatic N) is 4. The molecule has 1 fully saturated rings. The molecule has 3 N–H and O–H groups in total. The molecule has 10 heteroatoms. The summed E-state index contributed by atoms with van der Waals surface area (Å²) in [4.78, 5) is 25.3. The third kappa shape index (κ3) is 7.65. The van der Waals surface area contributed by atoms with Crippen LogP contribution in [-0.2, 0) is 4.79 Å². The lowest BCUT2D eigenvalue weighted by Gasteiger charge is -2.31. The summed E-state index contributed by atoms with van der Waals surface area (Å²) < 4.78 is 13.4. The van der Waals surface area contributed by atoms with Crippen LogP contribution >= 0.6 is 11.6 Å². The van der Waals surface area contributed by atoms with Crippen molar-refractivity contribution < 1.29 is 9.18 Å². The Kier molecular flexibility index (Phi) is 8.68. The van der Waals surface area contributed by atoms with Crippen molar-refractivity contribution in [3.05, 3.63) is 65.7 Å². The SMILES string of the molecule is CN1CCN(CCC#CC(=O)Nc2cccc(Nc3cc(Nc4ccc(F)c(Cl)c4)ncn3)c2)CC1. The van der Waals surface area contributed by atoms with Crippen LogP contribution in [0.3, 0.4) is 0 Å². The van der Waals surface area contributed by atoms with Crippen LogP contribution in [-0.4, -0.2) is 65.4 Å². The van der Waals surface area contributed by atoms with Gasteiger partial charge in [-0.15, -0.1) is 0 Å². The average molecular weight is 508 g/mol. The quantitative estimate of drug-likeness (QED) is 0.410. The van der Waals surface area contributed by atoms with E-state index in [4.69, 9.17) is 11.6 Å². The largest absolute Gasteiger partial charge is 0.340 e. The molecule has 3 aromatic rings. The van der Waals surface area contributed by atoms with Gasteiger partial charge >= 0.3 is 0 Å². The molecule has 0 aliphatic carbocycles. The van der Waals surface area contributed by atoms with Crippen LogP contribution in [0.4, 0.5) is 33.1 Å². The Morgan fingerprint density at radius 1 is 1.00 bits per heavy atom. The Morgan fingerprint density at radius 2 is 1.69 bits per heavy atom. The van der Waals surface area contributed by atoms with Crippen molar-refractivity contribution in [2.45, 2.75) is 6.42 Å². The molecule has 0 radical (unpaired) electrons. The van der Waals surface area contributed by atoms with Crippen molar-refractivity contribution in [2.24, 2.45) is 0 Å². The number of aromatic nitrogens is 2. The highest BCUT2D eigenvalue weighted by Crippen LogP contribution is 2.24. The standard InChI is InChI=1S/C26H27ClFN7O/c1-34-11-13-35(14-12-34)10-3-2-7-26(36)33-20-6-4-5-19(15-20)31-24-17-25(30-18-29-24)32-21-8-9-23(28)22(27)16-21/h4-6,8-9,15-18H,3,10-14H2,1H3,(H,33,36)(H2,29,30,31,32). The highest BCUT2D eigenvalue weighted by atomic mass is 35.5. The molecule has 2 aromatic carbocycles. The fourth-order valence-corrected chi connectivity index (χ4v) is 3.81. The lowest BCUT2D eigenvalue weighted by molar-refractivity contribution is -0.111. The van der Waals surface area contributed by atoms with E-state index in [0.717, 1.165) is 38.4 Å². The molecule has 4 rings (SSSR count).